The average molecular weight is 999 g/mol. The van der Waals surface area contributed by atoms with Crippen molar-refractivity contribution in [2.45, 2.75) is 65.2 Å². The maximum absolute atomic E-state index is 15.3. The fourth-order valence-electron chi connectivity index (χ4n) is 8.22. The first-order valence-corrected chi connectivity index (χ1v) is 24.7. The van der Waals surface area contributed by atoms with Gasteiger partial charge in [0, 0.05) is 98.9 Å². The molecule has 1 aromatic heterocycles. The number of imide groups is 1. The van der Waals surface area contributed by atoms with E-state index in [-0.39, 0.29) is 93.3 Å². The highest BCUT2D eigenvalue weighted by atomic mass is 32.2. The number of nitrogens with one attached hydrogen (secondary N) is 1. The molecule has 382 valence electrons. The Kier molecular flexibility index (Phi) is 22.3. The molecule has 70 heavy (non-hydrogen) atoms. The molecule has 1 fully saturated rings. The van der Waals surface area contributed by atoms with E-state index in [1.165, 1.54) is 0 Å². The fraction of sp³-hybridized carbons (Fsp3) is 0.529. The van der Waals surface area contributed by atoms with E-state index in [9.17, 15) is 38.3 Å². The molecule has 0 bridgehead atoms. The number of benzene rings is 2. The quantitative estimate of drug-likeness (QED) is 0.0543. The first-order chi connectivity index (χ1) is 33.5. The number of carboxylic acid groups (broad SMARTS) is 1. The van der Waals surface area contributed by atoms with Crippen molar-refractivity contribution in [3.8, 4) is 11.1 Å². The van der Waals surface area contributed by atoms with Crippen LogP contribution in [0.2, 0.25) is 0 Å². The van der Waals surface area contributed by atoms with Crippen LogP contribution in [0.25, 0.3) is 11.1 Å². The topological polar surface area (TPSA) is 183 Å². The monoisotopic (exact) mass is 998 g/mol. The molecule has 3 heterocycles. The van der Waals surface area contributed by atoms with E-state index in [0.717, 1.165) is 52.6 Å². The molecule has 0 spiro atoms. The Balaban J connectivity index is 1.06. The van der Waals surface area contributed by atoms with Gasteiger partial charge in [0.15, 0.2) is 5.78 Å². The third-order valence-electron chi connectivity index (χ3n) is 11.8. The molecule has 19 heteroatoms. The zero-order chi connectivity index (χ0) is 50.6. The van der Waals surface area contributed by atoms with Crippen molar-refractivity contribution in [1.29, 1.82) is 0 Å². The average Bonchev–Trinajstić information content (AvgIpc) is 4.01. The minimum atomic E-state index is -1.22. The number of Topliss-reactive ketones (excluding diaryl/α,β-unsaturated/α-hetero) is 2. The number of thioether (sulfide) groups is 1. The summed E-state index contributed by atoms with van der Waals surface area (Å²) >= 11 is 1.09. The van der Waals surface area contributed by atoms with E-state index in [1.807, 2.05) is 55.7 Å². The van der Waals surface area contributed by atoms with Crippen molar-refractivity contribution in [3.05, 3.63) is 95.8 Å². The molecule has 0 radical (unpaired) electrons. The van der Waals surface area contributed by atoms with E-state index in [1.54, 1.807) is 17.2 Å². The summed E-state index contributed by atoms with van der Waals surface area (Å²) in [4.78, 5) is 77.4. The van der Waals surface area contributed by atoms with Crippen LogP contribution in [0.15, 0.2) is 72.9 Å². The molecule has 1 saturated heterocycles. The van der Waals surface area contributed by atoms with Crippen LogP contribution in [-0.2, 0) is 54.3 Å². The second-order valence-electron chi connectivity index (χ2n) is 18.4. The number of aliphatic carboxylic acids is 1. The van der Waals surface area contributed by atoms with Gasteiger partial charge in [0.1, 0.15) is 23.6 Å². The number of carbonyl (C=O) groups excluding carboxylic acids is 5. The molecule has 0 aliphatic carbocycles. The summed E-state index contributed by atoms with van der Waals surface area (Å²) in [5.74, 6) is -6.04. The molecule has 15 nitrogen and oxygen atoms in total. The molecule has 2 aromatic carbocycles. The van der Waals surface area contributed by atoms with Crippen molar-refractivity contribution in [2.24, 2.45) is 17.3 Å². The van der Waals surface area contributed by atoms with Crippen LogP contribution in [0.3, 0.4) is 0 Å². The highest BCUT2D eigenvalue weighted by Crippen LogP contribution is 2.42. The summed E-state index contributed by atoms with van der Waals surface area (Å²) < 4.78 is 68.9. The highest BCUT2D eigenvalue weighted by molar-refractivity contribution is 7.99. The number of amides is 3. The summed E-state index contributed by atoms with van der Waals surface area (Å²) in [6.45, 7) is 8.59. The number of hydrogen-bond acceptors (Lipinski definition) is 12. The molecule has 3 aromatic rings. The Bertz CT molecular complexity index is 2240. The molecule has 5 rings (SSSR count). The Morgan fingerprint density at radius 1 is 0.843 bits per heavy atom. The largest absolute Gasteiger partial charge is 0.481 e. The van der Waals surface area contributed by atoms with Gasteiger partial charge in [-0.25, -0.2) is 13.2 Å². The number of alkyl halides is 1. The van der Waals surface area contributed by atoms with Gasteiger partial charge in [0.25, 0.3) is 11.8 Å². The smallest absolute Gasteiger partial charge is 0.307 e. The minimum absolute atomic E-state index is 0.00900. The van der Waals surface area contributed by atoms with Crippen LogP contribution < -0.4 is 5.32 Å². The molecule has 4 atom stereocenters. The highest BCUT2D eigenvalue weighted by Gasteiger charge is 2.40. The number of carboxylic acids is 1. The van der Waals surface area contributed by atoms with Crippen LogP contribution >= 0.6 is 11.8 Å². The van der Waals surface area contributed by atoms with Crippen molar-refractivity contribution >= 4 is 47.0 Å². The van der Waals surface area contributed by atoms with Crippen molar-refractivity contribution in [3.63, 3.8) is 0 Å². The molecule has 2 N–H and O–H groups in total. The van der Waals surface area contributed by atoms with Crippen molar-refractivity contribution in [2.75, 3.05) is 90.5 Å². The Morgan fingerprint density at radius 3 is 2.10 bits per heavy atom. The number of ketones is 2. The SMILES string of the molecule is CC(C)(C)[C@H](c1cc(-c2cc(F)ccc2F)cn1Cc1ccccc1)N(C[C@@H]1CNC[C@@H]1F)C(=O)CSC[C@H](CC(=O)CCOCCOCCOCCOCCCC(=O)CN1C(=O)C=CC1=O)C(=O)O. The van der Waals surface area contributed by atoms with Gasteiger partial charge in [0.2, 0.25) is 5.91 Å². The van der Waals surface area contributed by atoms with Crippen LogP contribution in [0, 0.1) is 28.9 Å². The molecular formula is C51H65F3N4O11S. The lowest BCUT2D eigenvalue weighted by Gasteiger charge is -2.42. The maximum Gasteiger partial charge on any atom is 0.307 e. The van der Waals surface area contributed by atoms with Crippen LogP contribution in [-0.4, -0.2) is 151 Å². The lowest BCUT2D eigenvalue weighted by molar-refractivity contribution is -0.143. The Labute approximate surface area is 411 Å². The number of nitrogens with zero attached hydrogens (tertiary/aromatic N) is 3. The van der Waals surface area contributed by atoms with Gasteiger partial charge < -0.3 is 38.8 Å². The van der Waals surface area contributed by atoms with Gasteiger partial charge in [-0.2, -0.15) is 11.8 Å². The van der Waals surface area contributed by atoms with Crippen molar-refractivity contribution < 1.29 is 66.0 Å². The first kappa shape index (κ1) is 55.7. The first-order valence-electron chi connectivity index (χ1n) is 23.5. The predicted octanol–water partition coefficient (Wildman–Crippen LogP) is 6.08. The number of aromatic nitrogens is 1. The van der Waals surface area contributed by atoms with Gasteiger partial charge in [-0.3, -0.25) is 33.7 Å². The standard InChI is InChI=1S/C51H65F3N4O11S/c1-51(2,3)49(45-25-36(42-26-39(52)11-12-43(42)53)30-56(45)29-35-8-5-4-6-9-35)58(31-38-27-55-28-44(38)54)48(63)34-70-33-37(50(64)65)24-40(59)15-17-67-19-21-69-23-22-68-20-18-66-16-7-10-41(60)32-57-46(61)13-14-47(57)62/h4-6,8-9,11-14,25-26,30,37-38,44,49,55H,7,10,15-24,27-29,31-34H2,1-3H3,(H,64,65)/t37-,38-,44-,49-/m0/s1. The number of ether oxygens (including phenoxy) is 4. The normalized spacial score (nSPS) is 16.8. The summed E-state index contributed by atoms with van der Waals surface area (Å²) in [5.41, 5.74) is 1.38. The number of carbonyl (C=O) groups is 6. The van der Waals surface area contributed by atoms with Gasteiger partial charge in [-0.1, -0.05) is 51.1 Å². The number of hydrogen-bond donors (Lipinski definition) is 2. The third-order valence-corrected chi connectivity index (χ3v) is 12.9. The fourth-order valence-corrected chi connectivity index (χ4v) is 9.23. The van der Waals surface area contributed by atoms with Gasteiger partial charge in [-0.05, 0) is 41.7 Å². The molecular weight excluding hydrogens is 934 g/mol. The van der Waals surface area contributed by atoms with Gasteiger partial charge in [-0.15, -0.1) is 0 Å². The second-order valence-corrected chi connectivity index (χ2v) is 19.4. The Morgan fingerprint density at radius 2 is 1.49 bits per heavy atom. The molecule has 0 saturated carbocycles. The van der Waals surface area contributed by atoms with Crippen LogP contribution in [0.5, 0.6) is 0 Å². The van der Waals surface area contributed by atoms with E-state index >= 15 is 8.78 Å². The predicted molar refractivity (Wildman–Crippen MR) is 257 cm³/mol. The summed E-state index contributed by atoms with van der Waals surface area (Å²) in [6.07, 6.45) is 3.16. The minimum Gasteiger partial charge on any atom is -0.481 e. The maximum atomic E-state index is 15.3. The van der Waals surface area contributed by atoms with Crippen LogP contribution in [0.1, 0.15) is 63.8 Å². The molecule has 2 aliphatic rings. The molecule has 2 aliphatic heterocycles. The summed E-state index contributed by atoms with van der Waals surface area (Å²) in [7, 11) is 0. The number of halogens is 3. The lowest BCUT2D eigenvalue weighted by atomic mass is 9.82. The zero-order valence-corrected chi connectivity index (χ0v) is 40.9. The van der Waals surface area contributed by atoms with E-state index in [4.69, 9.17) is 18.9 Å². The van der Waals surface area contributed by atoms with E-state index < -0.39 is 58.9 Å². The second kappa shape index (κ2) is 28.0. The molecule has 0 unspecified atom stereocenters. The van der Waals surface area contributed by atoms with Gasteiger partial charge >= 0.3 is 5.97 Å². The summed E-state index contributed by atoms with van der Waals surface area (Å²) in [5, 5.41) is 13.1. The van der Waals surface area contributed by atoms with E-state index in [0.29, 0.717) is 63.8 Å². The third kappa shape index (κ3) is 17.6. The Hall–Kier alpha value is -5.18. The number of rotatable bonds is 32. The van der Waals surface area contributed by atoms with E-state index in [2.05, 4.69) is 5.32 Å². The van der Waals surface area contributed by atoms with Crippen molar-refractivity contribution in [1.82, 2.24) is 19.7 Å². The van der Waals surface area contributed by atoms with Crippen LogP contribution in [0.4, 0.5) is 13.2 Å². The molecule has 3 amide bonds. The summed E-state index contributed by atoms with van der Waals surface area (Å²) in [6, 6.07) is 13.9. The lowest BCUT2D eigenvalue weighted by Crippen LogP contribution is -2.46. The zero-order valence-electron chi connectivity index (χ0n) is 40.1. The van der Waals surface area contributed by atoms with Gasteiger partial charge in [0.05, 0.1) is 70.5 Å².